The second-order valence-corrected chi connectivity index (χ2v) is 5.46. The fraction of sp³-hybridized carbons (Fsp3) is 0.235. The molecule has 0 saturated carbocycles. The molecule has 0 aliphatic rings. The topological polar surface area (TPSA) is 85.6 Å². The van der Waals surface area contributed by atoms with Gasteiger partial charge in [0, 0.05) is 47.8 Å². The van der Waals surface area contributed by atoms with E-state index in [1.165, 1.54) is 0 Å². The summed E-state index contributed by atoms with van der Waals surface area (Å²) < 4.78 is 1.58. The normalized spacial score (nSPS) is 11.9. The van der Waals surface area contributed by atoms with Crippen LogP contribution in [0.3, 0.4) is 0 Å². The molecule has 0 aliphatic carbocycles. The van der Waals surface area contributed by atoms with Crippen molar-refractivity contribution in [2.75, 3.05) is 0 Å². The van der Waals surface area contributed by atoms with Crippen LogP contribution in [0.15, 0.2) is 49.2 Å². The Balaban J connectivity index is 1.71. The molecule has 1 amide bonds. The van der Waals surface area contributed by atoms with Gasteiger partial charge in [-0.1, -0.05) is 0 Å². The molecule has 122 valence electrons. The molecular weight excluding hydrogens is 304 g/mol. The summed E-state index contributed by atoms with van der Waals surface area (Å²) in [4.78, 5) is 25.0. The Kier molecular flexibility index (Phi) is 4.60. The molecule has 0 aliphatic heterocycles. The van der Waals surface area contributed by atoms with Crippen LogP contribution in [-0.2, 0) is 11.3 Å². The van der Waals surface area contributed by atoms with Crippen LogP contribution in [0.2, 0.25) is 0 Å². The zero-order valence-corrected chi connectivity index (χ0v) is 13.5. The Bertz CT molecular complexity index is 816. The zero-order valence-electron chi connectivity index (χ0n) is 13.5. The fourth-order valence-electron chi connectivity index (χ4n) is 2.45. The number of pyridine rings is 1. The second-order valence-electron chi connectivity index (χ2n) is 5.46. The largest absolute Gasteiger partial charge is 0.348 e. The van der Waals surface area contributed by atoms with E-state index in [1.807, 2.05) is 26.0 Å². The maximum absolute atomic E-state index is 12.1. The first kappa shape index (κ1) is 15.8. The number of carbonyl (C=O) groups excluding carboxylic acids is 1. The lowest BCUT2D eigenvalue weighted by Crippen LogP contribution is -2.30. The van der Waals surface area contributed by atoms with Gasteiger partial charge in [0.25, 0.3) is 0 Å². The highest BCUT2D eigenvalue weighted by molar-refractivity contribution is 5.76. The molecule has 7 heteroatoms. The lowest BCUT2D eigenvalue weighted by atomic mass is 10.1. The number of carbonyl (C=O) groups is 1. The number of nitrogens with one attached hydrogen (secondary N) is 1. The van der Waals surface area contributed by atoms with Gasteiger partial charge in [-0.2, -0.15) is 5.10 Å². The van der Waals surface area contributed by atoms with Crippen molar-refractivity contribution < 1.29 is 4.79 Å². The van der Waals surface area contributed by atoms with Gasteiger partial charge < -0.3 is 5.32 Å². The van der Waals surface area contributed by atoms with Crippen molar-refractivity contribution in [3.8, 4) is 11.4 Å². The summed E-state index contributed by atoms with van der Waals surface area (Å²) >= 11 is 0. The maximum atomic E-state index is 12.1. The highest BCUT2D eigenvalue weighted by atomic mass is 16.2. The fourth-order valence-corrected chi connectivity index (χ4v) is 2.45. The third kappa shape index (κ3) is 3.62. The summed E-state index contributed by atoms with van der Waals surface area (Å²) in [5.41, 5.74) is 2.64. The number of aryl methyl sites for hydroxylation is 1. The monoisotopic (exact) mass is 322 g/mol. The first-order chi connectivity index (χ1) is 11.6. The minimum absolute atomic E-state index is 0.108. The molecule has 3 aromatic rings. The molecule has 3 aromatic heterocycles. The Hall–Kier alpha value is -3.09. The molecule has 3 rings (SSSR count). The van der Waals surface area contributed by atoms with Crippen molar-refractivity contribution in [2.24, 2.45) is 0 Å². The molecule has 0 saturated heterocycles. The summed E-state index contributed by atoms with van der Waals surface area (Å²) in [5, 5.41) is 6.97. The molecule has 0 aromatic carbocycles. The van der Waals surface area contributed by atoms with Gasteiger partial charge in [0.2, 0.25) is 5.91 Å². The minimum Gasteiger partial charge on any atom is -0.348 e. The van der Waals surface area contributed by atoms with Crippen molar-refractivity contribution in [1.29, 1.82) is 0 Å². The second kappa shape index (κ2) is 6.99. The van der Waals surface area contributed by atoms with Crippen LogP contribution >= 0.6 is 0 Å². The number of nitrogens with zero attached hydrogens (tertiary/aromatic N) is 5. The highest BCUT2D eigenvalue weighted by Gasteiger charge is 2.14. The predicted molar refractivity (Wildman–Crippen MR) is 88.8 cm³/mol. The van der Waals surface area contributed by atoms with E-state index >= 15 is 0 Å². The molecule has 0 unspecified atom stereocenters. The summed E-state index contributed by atoms with van der Waals surface area (Å²) in [6, 6.07) is 5.33. The number of hydrogen-bond donors (Lipinski definition) is 1. The number of rotatable bonds is 5. The average Bonchev–Trinajstić information content (AvgIpc) is 3.08. The van der Waals surface area contributed by atoms with Crippen LogP contribution in [-0.4, -0.2) is 30.6 Å². The maximum Gasteiger partial charge on any atom is 0.242 e. The van der Waals surface area contributed by atoms with E-state index in [9.17, 15) is 4.79 Å². The first-order valence-corrected chi connectivity index (χ1v) is 7.64. The zero-order chi connectivity index (χ0) is 16.9. The lowest BCUT2D eigenvalue weighted by Gasteiger charge is -2.16. The van der Waals surface area contributed by atoms with Crippen LogP contribution in [0.1, 0.15) is 24.2 Å². The van der Waals surface area contributed by atoms with Gasteiger partial charge in [0.1, 0.15) is 6.54 Å². The Morgan fingerprint density at radius 1 is 1.29 bits per heavy atom. The average molecular weight is 322 g/mol. The number of hydrogen-bond acceptors (Lipinski definition) is 5. The molecule has 0 fully saturated rings. The van der Waals surface area contributed by atoms with Gasteiger partial charge in [0.05, 0.1) is 6.04 Å². The quantitative estimate of drug-likeness (QED) is 0.775. The van der Waals surface area contributed by atoms with Crippen LogP contribution in [0.5, 0.6) is 0 Å². The molecule has 3 heterocycles. The number of amides is 1. The van der Waals surface area contributed by atoms with Gasteiger partial charge in [-0.15, -0.1) is 0 Å². The molecule has 1 atom stereocenters. The highest BCUT2D eigenvalue weighted by Crippen LogP contribution is 2.19. The van der Waals surface area contributed by atoms with E-state index in [-0.39, 0.29) is 18.5 Å². The molecule has 1 N–H and O–H groups in total. The van der Waals surface area contributed by atoms with Gasteiger partial charge >= 0.3 is 0 Å². The van der Waals surface area contributed by atoms with Gasteiger partial charge in [0.15, 0.2) is 5.82 Å². The minimum atomic E-state index is -0.181. The molecule has 0 spiro atoms. The summed E-state index contributed by atoms with van der Waals surface area (Å²) in [7, 11) is 0. The van der Waals surface area contributed by atoms with E-state index in [4.69, 9.17) is 0 Å². The summed E-state index contributed by atoms with van der Waals surface area (Å²) in [5.74, 6) is 0.539. The first-order valence-electron chi connectivity index (χ1n) is 7.64. The van der Waals surface area contributed by atoms with E-state index in [0.717, 1.165) is 16.8 Å². The van der Waals surface area contributed by atoms with Crippen molar-refractivity contribution in [3.63, 3.8) is 0 Å². The molecule has 0 bridgehead atoms. The van der Waals surface area contributed by atoms with E-state index in [1.54, 1.807) is 41.7 Å². The smallest absolute Gasteiger partial charge is 0.242 e. The van der Waals surface area contributed by atoms with Crippen molar-refractivity contribution in [1.82, 2.24) is 30.0 Å². The van der Waals surface area contributed by atoms with Crippen LogP contribution in [0.4, 0.5) is 0 Å². The van der Waals surface area contributed by atoms with E-state index < -0.39 is 0 Å². The van der Waals surface area contributed by atoms with Crippen LogP contribution < -0.4 is 5.32 Å². The molecule has 0 radical (unpaired) electrons. The van der Waals surface area contributed by atoms with Gasteiger partial charge in [-0.3, -0.25) is 14.5 Å². The van der Waals surface area contributed by atoms with Crippen LogP contribution in [0, 0.1) is 6.92 Å². The third-order valence-electron chi connectivity index (χ3n) is 3.66. The van der Waals surface area contributed by atoms with Gasteiger partial charge in [-0.05, 0) is 32.0 Å². The lowest BCUT2D eigenvalue weighted by molar-refractivity contribution is -0.122. The Morgan fingerprint density at radius 2 is 2.08 bits per heavy atom. The standard InChI is InChI=1S/C17H18N6O/c1-12(21-16(24)11-23-9-3-6-20-23)15-10-19-17(22-13(15)2)14-4-7-18-8-5-14/h3-10,12H,11H2,1-2H3,(H,21,24)/t12-/m0/s1. The van der Waals surface area contributed by atoms with Crippen LogP contribution in [0.25, 0.3) is 11.4 Å². The molecule has 24 heavy (non-hydrogen) atoms. The van der Waals surface area contributed by atoms with Gasteiger partial charge in [-0.25, -0.2) is 9.97 Å². The van der Waals surface area contributed by atoms with E-state index in [2.05, 4.69) is 25.4 Å². The van der Waals surface area contributed by atoms with Crippen molar-refractivity contribution in [2.45, 2.75) is 26.4 Å². The predicted octanol–water partition coefficient (Wildman–Crippen LogP) is 1.92. The van der Waals surface area contributed by atoms with Crippen molar-refractivity contribution >= 4 is 5.91 Å². The third-order valence-corrected chi connectivity index (χ3v) is 3.66. The summed E-state index contributed by atoms with van der Waals surface area (Å²) in [6.45, 7) is 4.02. The molecule has 7 nitrogen and oxygen atoms in total. The Labute approximate surface area is 139 Å². The van der Waals surface area contributed by atoms with Crippen molar-refractivity contribution in [3.05, 3.63) is 60.4 Å². The SMILES string of the molecule is Cc1nc(-c2ccncc2)ncc1[C@H](C)NC(=O)Cn1cccn1. The van der Waals surface area contributed by atoms with E-state index in [0.29, 0.717) is 5.82 Å². The summed E-state index contributed by atoms with van der Waals surface area (Å²) in [6.07, 6.45) is 8.58. The number of aromatic nitrogens is 5. The Morgan fingerprint density at radius 3 is 2.75 bits per heavy atom. The molecular formula is C17H18N6O.